The van der Waals surface area contributed by atoms with E-state index in [4.69, 9.17) is 0 Å². The third-order valence-corrected chi connectivity index (χ3v) is 6.29. The minimum absolute atomic E-state index is 0.104. The molecule has 2 N–H and O–H groups in total. The fraction of sp³-hybridized carbons (Fsp3) is 0.125. The number of azo groups is 1. The van der Waals surface area contributed by atoms with Crippen LogP contribution in [-0.4, -0.2) is 16.0 Å². The van der Waals surface area contributed by atoms with Gasteiger partial charge in [0.05, 0.1) is 11.4 Å². The molecule has 0 spiro atoms. The maximum atomic E-state index is 13.0. The minimum Gasteiger partial charge on any atom is -0.493 e. The van der Waals surface area contributed by atoms with Crippen molar-refractivity contribution in [3.05, 3.63) is 94.5 Å². The van der Waals surface area contributed by atoms with Crippen molar-refractivity contribution in [2.75, 3.05) is 0 Å². The first-order chi connectivity index (χ1) is 14.6. The Hall–Kier alpha value is -3.25. The summed E-state index contributed by atoms with van der Waals surface area (Å²) in [4.78, 5) is 15.9. The molecule has 148 valence electrons. The minimum atomic E-state index is -0.385. The summed E-state index contributed by atoms with van der Waals surface area (Å²) in [6.07, 6.45) is 0.685. The second kappa shape index (κ2) is 7.22. The highest BCUT2D eigenvalue weighted by Crippen LogP contribution is 2.59. The Kier molecular flexibility index (Phi) is 4.51. The second-order valence-electron chi connectivity index (χ2n) is 7.51. The summed E-state index contributed by atoms with van der Waals surface area (Å²) in [5, 5.41) is 19.0. The number of aromatic amines is 1. The first-order valence-corrected chi connectivity index (χ1v) is 10.5. The number of hydrogen-bond acceptors (Lipinski definition) is 3. The Morgan fingerprint density at radius 1 is 1.00 bits per heavy atom. The van der Waals surface area contributed by atoms with Crippen molar-refractivity contribution >= 4 is 38.4 Å². The normalized spacial score (nSPS) is 17.4. The molecule has 0 bridgehead atoms. The summed E-state index contributed by atoms with van der Waals surface area (Å²) >= 11 is 3.42. The van der Waals surface area contributed by atoms with Crippen LogP contribution in [0.25, 0.3) is 10.9 Å². The SMILES string of the molecule is O=C(N=Nc1c(O)[nH]c2ccc(Br)cc12)C1CC1(c1ccccc1)c1ccccc1. The molecule has 1 aliphatic carbocycles. The number of benzene rings is 3. The number of carbonyl (C=O) groups excluding carboxylic acids is 1. The summed E-state index contributed by atoms with van der Waals surface area (Å²) in [5.74, 6) is -0.676. The molecule has 1 fully saturated rings. The molecule has 3 aromatic carbocycles. The van der Waals surface area contributed by atoms with Crippen LogP contribution in [0.5, 0.6) is 5.88 Å². The van der Waals surface area contributed by atoms with Gasteiger partial charge in [0.1, 0.15) is 0 Å². The first-order valence-electron chi connectivity index (χ1n) is 9.66. The molecule has 0 aliphatic heterocycles. The number of carbonyl (C=O) groups is 1. The largest absolute Gasteiger partial charge is 0.493 e. The molecule has 0 radical (unpaired) electrons. The highest BCUT2D eigenvalue weighted by Gasteiger charge is 2.60. The Bertz CT molecular complexity index is 1230. The van der Waals surface area contributed by atoms with Crippen LogP contribution in [0, 0.1) is 5.92 Å². The van der Waals surface area contributed by atoms with Crippen molar-refractivity contribution in [3.8, 4) is 5.88 Å². The molecule has 1 saturated carbocycles. The van der Waals surface area contributed by atoms with Gasteiger partial charge in [-0.1, -0.05) is 76.6 Å². The van der Waals surface area contributed by atoms with E-state index in [9.17, 15) is 9.90 Å². The molecule has 1 unspecified atom stereocenters. The molecule has 1 amide bonds. The standard InChI is InChI=1S/C24H18BrN3O2/c25-17-11-12-20-18(13-17)21(23(30)26-20)27-28-22(29)19-14-24(19,15-7-3-1-4-8-15)16-9-5-2-6-10-16/h1-13,19,26,30H,14H2. The van der Waals surface area contributed by atoms with Crippen LogP contribution in [0.15, 0.2) is 93.6 Å². The third-order valence-electron chi connectivity index (χ3n) is 5.80. The van der Waals surface area contributed by atoms with Crippen LogP contribution in [0.3, 0.4) is 0 Å². The van der Waals surface area contributed by atoms with Gasteiger partial charge in [-0.15, -0.1) is 10.2 Å². The Labute approximate surface area is 181 Å². The van der Waals surface area contributed by atoms with Gasteiger partial charge in [0.25, 0.3) is 5.91 Å². The summed E-state index contributed by atoms with van der Waals surface area (Å²) in [6.45, 7) is 0. The zero-order chi connectivity index (χ0) is 20.7. The number of fused-ring (bicyclic) bond motifs is 1. The maximum absolute atomic E-state index is 13.0. The van der Waals surface area contributed by atoms with Crippen LogP contribution >= 0.6 is 15.9 Å². The highest BCUT2D eigenvalue weighted by molar-refractivity contribution is 9.10. The smallest absolute Gasteiger partial charge is 0.269 e. The fourth-order valence-corrected chi connectivity index (χ4v) is 4.60. The molecule has 6 heteroatoms. The number of hydrogen-bond donors (Lipinski definition) is 2. The van der Waals surface area contributed by atoms with Crippen LogP contribution in [-0.2, 0) is 10.2 Å². The second-order valence-corrected chi connectivity index (χ2v) is 8.43. The van der Waals surface area contributed by atoms with E-state index in [2.05, 4.69) is 55.4 Å². The Morgan fingerprint density at radius 2 is 1.63 bits per heavy atom. The average molecular weight is 460 g/mol. The van der Waals surface area contributed by atoms with Crippen molar-refractivity contribution in [1.82, 2.24) is 4.98 Å². The summed E-state index contributed by atoms with van der Waals surface area (Å²) < 4.78 is 0.853. The number of aromatic nitrogens is 1. The van der Waals surface area contributed by atoms with E-state index in [-0.39, 0.29) is 28.8 Å². The number of halogens is 1. The zero-order valence-electron chi connectivity index (χ0n) is 15.9. The summed E-state index contributed by atoms with van der Waals surface area (Å²) in [6, 6.07) is 25.7. The van der Waals surface area contributed by atoms with E-state index >= 15 is 0 Å². The lowest BCUT2D eigenvalue weighted by Crippen LogP contribution is -2.16. The Morgan fingerprint density at radius 3 is 2.27 bits per heavy atom. The molecule has 1 heterocycles. The van der Waals surface area contributed by atoms with E-state index in [1.165, 1.54) is 0 Å². The molecule has 0 saturated heterocycles. The van der Waals surface area contributed by atoms with Crippen molar-refractivity contribution in [2.24, 2.45) is 16.1 Å². The number of aromatic hydroxyl groups is 1. The number of nitrogens with zero attached hydrogens (tertiary/aromatic N) is 2. The lowest BCUT2D eigenvalue weighted by atomic mass is 9.85. The van der Waals surface area contributed by atoms with Crippen molar-refractivity contribution in [3.63, 3.8) is 0 Å². The van der Waals surface area contributed by atoms with Crippen LogP contribution in [0.4, 0.5) is 5.69 Å². The third kappa shape index (κ3) is 3.04. The van der Waals surface area contributed by atoms with Crippen LogP contribution < -0.4 is 0 Å². The molecule has 5 nitrogen and oxygen atoms in total. The molecule has 1 aliphatic rings. The van der Waals surface area contributed by atoms with Gasteiger partial charge in [0.2, 0.25) is 5.88 Å². The van der Waals surface area contributed by atoms with Crippen LogP contribution in [0.1, 0.15) is 17.5 Å². The monoisotopic (exact) mass is 459 g/mol. The van der Waals surface area contributed by atoms with Gasteiger partial charge in [0.15, 0.2) is 5.69 Å². The number of H-pyrrole nitrogens is 1. The predicted molar refractivity (Wildman–Crippen MR) is 119 cm³/mol. The number of amides is 1. The van der Waals surface area contributed by atoms with Crippen molar-refractivity contribution in [2.45, 2.75) is 11.8 Å². The topological polar surface area (TPSA) is 77.8 Å². The van der Waals surface area contributed by atoms with Gasteiger partial charge in [-0.05, 0) is 35.7 Å². The molecular weight excluding hydrogens is 442 g/mol. The first kappa shape index (κ1) is 18.8. The van der Waals surface area contributed by atoms with E-state index in [0.717, 1.165) is 21.1 Å². The molecule has 4 aromatic rings. The van der Waals surface area contributed by atoms with E-state index < -0.39 is 0 Å². The van der Waals surface area contributed by atoms with Gasteiger partial charge in [0, 0.05) is 15.3 Å². The quantitative estimate of drug-likeness (QED) is 0.353. The highest BCUT2D eigenvalue weighted by atomic mass is 79.9. The molecule has 30 heavy (non-hydrogen) atoms. The number of rotatable bonds is 4. The van der Waals surface area contributed by atoms with Gasteiger partial charge < -0.3 is 10.1 Å². The summed E-state index contributed by atoms with van der Waals surface area (Å²) in [5.41, 5.74) is 2.81. The number of nitrogens with one attached hydrogen (secondary N) is 1. The molecular formula is C24H18BrN3O2. The molecule has 5 rings (SSSR count). The lowest BCUT2D eigenvalue weighted by Gasteiger charge is -2.17. The van der Waals surface area contributed by atoms with Gasteiger partial charge in [-0.2, -0.15) is 0 Å². The molecule has 1 atom stereocenters. The molecule has 1 aromatic heterocycles. The van der Waals surface area contributed by atoms with E-state index in [1.807, 2.05) is 54.6 Å². The van der Waals surface area contributed by atoms with Gasteiger partial charge in [-0.3, -0.25) is 4.79 Å². The summed E-state index contributed by atoms with van der Waals surface area (Å²) in [7, 11) is 0. The van der Waals surface area contributed by atoms with Gasteiger partial charge >= 0.3 is 0 Å². The maximum Gasteiger partial charge on any atom is 0.269 e. The van der Waals surface area contributed by atoms with Crippen molar-refractivity contribution < 1.29 is 9.90 Å². The zero-order valence-corrected chi connectivity index (χ0v) is 17.5. The van der Waals surface area contributed by atoms with Crippen molar-refractivity contribution in [1.29, 1.82) is 0 Å². The predicted octanol–water partition coefficient (Wildman–Crippen LogP) is 6.25. The average Bonchev–Trinajstić information content (AvgIpc) is 3.46. The lowest BCUT2D eigenvalue weighted by molar-refractivity contribution is -0.119. The fourth-order valence-electron chi connectivity index (χ4n) is 4.24. The van der Waals surface area contributed by atoms with Crippen LogP contribution in [0.2, 0.25) is 0 Å². The van der Waals surface area contributed by atoms with E-state index in [0.29, 0.717) is 11.8 Å². The van der Waals surface area contributed by atoms with E-state index in [1.54, 1.807) is 0 Å². The Balaban J connectivity index is 1.49. The van der Waals surface area contributed by atoms with Gasteiger partial charge in [-0.25, -0.2) is 0 Å².